The third kappa shape index (κ3) is 3.19. The molecule has 10 heteroatoms. The molecule has 2 atom stereocenters. The maximum absolute atomic E-state index is 11.5. The number of amides is 1. The van der Waals surface area contributed by atoms with E-state index in [9.17, 15) is 9.90 Å². The summed E-state index contributed by atoms with van der Waals surface area (Å²) in [6.45, 7) is 2.44. The maximum Gasteiger partial charge on any atom is 0.268 e. The average Bonchev–Trinajstić information content (AvgIpc) is 3.17. The lowest BCUT2D eigenvalue weighted by atomic mass is 9.98. The number of fused-ring (bicyclic) bond motifs is 2. The number of hydrogen-bond acceptors (Lipinski definition) is 8. The number of nitrogens with zero attached hydrogens (tertiary/aromatic N) is 7. The summed E-state index contributed by atoms with van der Waals surface area (Å²) in [6, 6.07) is 2.24. The highest BCUT2D eigenvalue weighted by Crippen LogP contribution is 2.27. The number of carbonyl (C=O) groups excluding carboxylic acids is 1. The monoisotopic (exact) mass is 394 g/mol. The summed E-state index contributed by atoms with van der Waals surface area (Å²) < 4.78 is 1.72. The Bertz CT molecular complexity index is 1070. The molecule has 0 spiro atoms. The van der Waals surface area contributed by atoms with Crippen LogP contribution < -0.4 is 10.6 Å². The Morgan fingerprint density at radius 3 is 2.93 bits per heavy atom. The van der Waals surface area contributed by atoms with Gasteiger partial charge in [-0.3, -0.25) is 14.1 Å². The van der Waals surface area contributed by atoms with E-state index in [0.29, 0.717) is 23.2 Å². The lowest BCUT2D eigenvalue weighted by Crippen LogP contribution is -2.58. The van der Waals surface area contributed by atoms with Gasteiger partial charge in [0.05, 0.1) is 12.4 Å². The molecule has 150 valence electrons. The maximum atomic E-state index is 11.5. The summed E-state index contributed by atoms with van der Waals surface area (Å²) in [5.41, 5.74) is 6.76. The molecule has 2 aliphatic heterocycles. The molecule has 3 aromatic heterocycles. The minimum atomic E-state index is -0.603. The zero-order valence-electron chi connectivity index (χ0n) is 15.8. The molecule has 0 saturated carbocycles. The van der Waals surface area contributed by atoms with Gasteiger partial charge in [-0.1, -0.05) is 0 Å². The number of anilines is 1. The van der Waals surface area contributed by atoms with E-state index in [4.69, 9.17) is 10.7 Å². The lowest BCUT2D eigenvalue weighted by Gasteiger charge is -2.46. The smallest absolute Gasteiger partial charge is 0.268 e. The van der Waals surface area contributed by atoms with Gasteiger partial charge >= 0.3 is 0 Å². The average molecular weight is 394 g/mol. The number of aromatic nitrogens is 5. The van der Waals surface area contributed by atoms with Crippen molar-refractivity contribution < 1.29 is 9.90 Å². The van der Waals surface area contributed by atoms with E-state index in [1.54, 1.807) is 23.0 Å². The normalized spacial score (nSPS) is 22.6. The molecule has 5 heterocycles. The fourth-order valence-corrected chi connectivity index (χ4v) is 4.26. The highest BCUT2D eigenvalue weighted by atomic mass is 16.3. The molecule has 29 heavy (non-hydrogen) atoms. The Kier molecular flexibility index (Phi) is 4.36. The van der Waals surface area contributed by atoms with Crippen LogP contribution >= 0.6 is 0 Å². The summed E-state index contributed by atoms with van der Waals surface area (Å²) in [5, 5.41) is 10.2. The zero-order chi connectivity index (χ0) is 20.0. The molecule has 2 aliphatic rings. The van der Waals surface area contributed by atoms with Gasteiger partial charge < -0.3 is 15.7 Å². The standard InChI is InChI=1S/C19H22N8O2/c20-18(29)13-11-27-14(8-23-16(27)9-22-13)19-21-5-4-15(24-19)25-6-7-26-12(10-25)2-1-3-17(26)28/h4-5,8-9,11-12,17,28H,1-3,6-7,10H2,(H2,20,29). The van der Waals surface area contributed by atoms with Crippen LogP contribution in [0, 0.1) is 0 Å². The van der Waals surface area contributed by atoms with Crippen LogP contribution in [0.5, 0.6) is 0 Å². The molecular formula is C19H22N8O2. The quantitative estimate of drug-likeness (QED) is 0.649. The van der Waals surface area contributed by atoms with E-state index in [2.05, 4.69) is 24.8 Å². The van der Waals surface area contributed by atoms with E-state index in [0.717, 1.165) is 44.7 Å². The van der Waals surface area contributed by atoms with Crippen LogP contribution in [0.1, 0.15) is 29.8 Å². The van der Waals surface area contributed by atoms with Crippen LogP contribution in [0.2, 0.25) is 0 Å². The van der Waals surface area contributed by atoms with Crippen LogP contribution in [0.4, 0.5) is 5.82 Å². The summed E-state index contributed by atoms with van der Waals surface area (Å²) >= 11 is 0. The van der Waals surface area contributed by atoms with Gasteiger partial charge in [0.2, 0.25) is 0 Å². The zero-order valence-corrected chi connectivity index (χ0v) is 15.8. The second-order valence-corrected chi connectivity index (χ2v) is 7.50. The fourth-order valence-electron chi connectivity index (χ4n) is 4.26. The van der Waals surface area contributed by atoms with Crippen LogP contribution in [-0.4, -0.2) is 72.2 Å². The van der Waals surface area contributed by atoms with Crippen molar-refractivity contribution in [2.24, 2.45) is 5.73 Å². The largest absolute Gasteiger partial charge is 0.378 e. The molecule has 0 bridgehead atoms. The number of primary amides is 1. The van der Waals surface area contributed by atoms with Crippen molar-refractivity contribution in [3.05, 3.63) is 36.5 Å². The minimum absolute atomic E-state index is 0.153. The number of rotatable bonds is 3. The first-order chi connectivity index (χ1) is 14.1. The van der Waals surface area contributed by atoms with E-state index in [-0.39, 0.29) is 11.9 Å². The lowest BCUT2D eigenvalue weighted by molar-refractivity contribution is -0.0602. The Balaban J connectivity index is 1.45. The van der Waals surface area contributed by atoms with Gasteiger partial charge in [0.15, 0.2) is 11.5 Å². The minimum Gasteiger partial charge on any atom is -0.378 e. The van der Waals surface area contributed by atoms with Crippen molar-refractivity contribution in [3.8, 4) is 11.5 Å². The van der Waals surface area contributed by atoms with Gasteiger partial charge in [-0.2, -0.15) is 0 Å². The number of hydrogen-bond donors (Lipinski definition) is 2. The second-order valence-electron chi connectivity index (χ2n) is 7.50. The number of aliphatic hydroxyl groups is 1. The fraction of sp³-hybridized carbons (Fsp3) is 0.421. The molecule has 0 aromatic carbocycles. The first-order valence-electron chi connectivity index (χ1n) is 9.75. The Hall–Kier alpha value is -3.11. The third-order valence-electron chi connectivity index (χ3n) is 5.75. The van der Waals surface area contributed by atoms with Crippen LogP contribution in [-0.2, 0) is 0 Å². The molecule has 0 aliphatic carbocycles. The van der Waals surface area contributed by atoms with Crippen LogP contribution in [0.3, 0.4) is 0 Å². The predicted octanol–water partition coefficient (Wildman–Crippen LogP) is 0.278. The van der Waals surface area contributed by atoms with Crippen molar-refractivity contribution in [2.45, 2.75) is 31.5 Å². The van der Waals surface area contributed by atoms with Crippen molar-refractivity contribution >= 4 is 17.4 Å². The van der Waals surface area contributed by atoms with Gasteiger partial charge in [0.1, 0.15) is 23.4 Å². The Morgan fingerprint density at radius 2 is 2.07 bits per heavy atom. The molecule has 0 radical (unpaired) electrons. The molecule has 1 amide bonds. The topological polar surface area (TPSA) is 126 Å². The molecule has 2 saturated heterocycles. The van der Waals surface area contributed by atoms with Crippen molar-refractivity contribution in [2.75, 3.05) is 24.5 Å². The highest BCUT2D eigenvalue weighted by Gasteiger charge is 2.34. The van der Waals surface area contributed by atoms with E-state index in [1.165, 1.54) is 6.20 Å². The molecule has 5 rings (SSSR count). The van der Waals surface area contributed by atoms with Crippen molar-refractivity contribution in [1.82, 2.24) is 29.2 Å². The van der Waals surface area contributed by atoms with Crippen LogP contribution in [0.25, 0.3) is 17.2 Å². The molecule has 2 fully saturated rings. The van der Waals surface area contributed by atoms with Gasteiger partial charge in [-0.15, -0.1) is 0 Å². The molecule has 2 unspecified atom stereocenters. The molecule has 3 N–H and O–H groups in total. The summed E-state index contributed by atoms with van der Waals surface area (Å²) in [6.07, 6.45) is 9.10. The van der Waals surface area contributed by atoms with Crippen molar-refractivity contribution in [3.63, 3.8) is 0 Å². The number of aliphatic hydroxyl groups excluding tert-OH is 1. The second kappa shape index (κ2) is 7.05. The molecular weight excluding hydrogens is 372 g/mol. The number of imidazole rings is 1. The Labute approximate surface area is 167 Å². The SMILES string of the molecule is NC(=O)c1cn2c(-c3nccc(N4CCN5C(O)CCCC5C4)n3)cnc2cn1. The van der Waals surface area contributed by atoms with E-state index >= 15 is 0 Å². The van der Waals surface area contributed by atoms with Gasteiger partial charge in [0.25, 0.3) is 5.91 Å². The first kappa shape index (κ1) is 18.0. The Morgan fingerprint density at radius 1 is 1.17 bits per heavy atom. The summed E-state index contributed by atoms with van der Waals surface area (Å²) in [7, 11) is 0. The predicted molar refractivity (Wildman–Crippen MR) is 105 cm³/mol. The highest BCUT2D eigenvalue weighted by molar-refractivity contribution is 5.90. The first-order valence-corrected chi connectivity index (χ1v) is 9.75. The molecule has 10 nitrogen and oxygen atoms in total. The molecule has 3 aromatic rings. The third-order valence-corrected chi connectivity index (χ3v) is 5.75. The number of piperazine rings is 1. The van der Waals surface area contributed by atoms with E-state index < -0.39 is 5.91 Å². The number of carbonyl (C=O) groups is 1. The van der Waals surface area contributed by atoms with Gasteiger partial charge in [-0.05, 0) is 25.3 Å². The van der Waals surface area contributed by atoms with Crippen molar-refractivity contribution in [1.29, 1.82) is 0 Å². The number of nitrogens with two attached hydrogens (primary N) is 1. The summed E-state index contributed by atoms with van der Waals surface area (Å²) in [4.78, 5) is 33.4. The van der Waals surface area contributed by atoms with E-state index in [1.807, 2.05) is 6.07 Å². The van der Waals surface area contributed by atoms with Gasteiger partial charge in [0, 0.05) is 38.1 Å². The van der Waals surface area contributed by atoms with Gasteiger partial charge in [-0.25, -0.2) is 19.9 Å². The summed E-state index contributed by atoms with van der Waals surface area (Å²) in [5.74, 6) is 0.755. The van der Waals surface area contributed by atoms with Crippen LogP contribution in [0.15, 0.2) is 30.9 Å². The number of piperidine rings is 1.